The summed E-state index contributed by atoms with van der Waals surface area (Å²) in [4.78, 5) is 19.6. The quantitative estimate of drug-likeness (QED) is 0.301. The van der Waals surface area contributed by atoms with E-state index in [-0.39, 0.29) is 30.8 Å². The summed E-state index contributed by atoms with van der Waals surface area (Å²) in [5.74, 6) is -0.0125. The number of anilines is 5. The van der Waals surface area contributed by atoms with Crippen molar-refractivity contribution in [2.45, 2.75) is 13.8 Å². The second kappa shape index (κ2) is 12.5. The number of rotatable bonds is 12. The number of amides is 1. The lowest BCUT2D eigenvalue weighted by molar-refractivity contribution is -0.118. The van der Waals surface area contributed by atoms with Gasteiger partial charge in [-0.15, -0.1) is 0 Å². The molecule has 2 aromatic carbocycles. The minimum absolute atomic E-state index is 0.0296. The number of benzene rings is 2. The minimum atomic E-state index is -3.76. The first-order valence-corrected chi connectivity index (χ1v) is 13.5. The molecule has 0 atom stereocenters. The van der Waals surface area contributed by atoms with Gasteiger partial charge in [-0.3, -0.25) is 9.10 Å². The summed E-state index contributed by atoms with van der Waals surface area (Å²) in [5.41, 5.74) is 1.68. The van der Waals surface area contributed by atoms with Crippen LogP contribution in [0.5, 0.6) is 17.2 Å². The molecule has 1 amide bonds. The van der Waals surface area contributed by atoms with E-state index in [2.05, 4.69) is 25.9 Å². The van der Waals surface area contributed by atoms with Gasteiger partial charge in [0, 0.05) is 31.3 Å². The van der Waals surface area contributed by atoms with Crippen molar-refractivity contribution in [2.24, 2.45) is 0 Å². The zero-order chi connectivity index (χ0) is 28.7. The number of hydrogen-bond acceptors (Lipinski definition) is 10. The van der Waals surface area contributed by atoms with Crippen molar-refractivity contribution in [1.29, 1.82) is 0 Å². The molecule has 0 spiro atoms. The molecule has 39 heavy (non-hydrogen) atoms. The van der Waals surface area contributed by atoms with Crippen molar-refractivity contribution in [3.63, 3.8) is 0 Å². The van der Waals surface area contributed by atoms with Crippen LogP contribution in [-0.2, 0) is 14.8 Å². The number of nitrogens with zero attached hydrogens (tertiary/aromatic N) is 3. The van der Waals surface area contributed by atoms with Crippen molar-refractivity contribution in [1.82, 2.24) is 15.3 Å². The van der Waals surface area contributed by atoms with Gasteiger partial charge in [0.05, 0.1) is 51.7 Å². The number of ether oxygens (including phenoxy) is 3. The molecule has 0 saturated heterocycles. The van der Waals surface area contributed by atoms with Gasteiger partial charge in [0.15, 0.2) is 23.1 Å². The number of methoxy groups -OCH3 is 3. The zero-order valence-electron chi connectivity index (χ0n) is 22.5. The fourth-order valence-electron chi connectivity index (χ4n) is 3.79. The molecule has 0 aliphatic rings. The summed E-state index contributed by atoms with van der Waals surface area (Å²) < 4.78 is 57.4. The summed E-state index contributed by atoms with van der Waals surface area (Å²) in [6.07, 6.45) is 2.04. The predicted octanol–water partition coefficient (Wildman–Crippen LogP) is 3.34. The Morgan fingerprint density at radius 2 is 1.74 bits per heavy atom. The lowest BCUT2D eigenvalue weighted by Crippen LogP contribution is -2.38. The van der Waals surface area contributed by atoms with Crippen LogP contribution >= 0.6 is 0 Å². The van der Waals surface area contributed by atoms with Gasteiger partial charge in [-0.2, -0.15) is 4.98 Å². The standard InChI is InChI=1S/C25H31FN6O6S/c1-15-8-7-9-19(22(15)32(39(6,34)35)11-10-27-16(2)33)30-24-18(26)14-28-25(31-24)29-17-12-20(36-3)23(38-5)21(13-17)37-4/h7-9,12-14H,10-11H2,1-6H3,(H,27,33)(H2,28,29,30,31). The molecule has 3 N–H and O–H groups in total. The summed E-state index contributed by atoms with van der Waals surface area (Å²) >= 11 is 0. The van der Waals surface area contributed by atoms with E-state index in [1.54, 1.807) is 37.3 Å². The molecular formula is C25H31FN6O6S. The van der Waals surface area contributed by atoms with Gasteiger partial charge in [-0.1, -0.05) is 12.1 Å². The van der Waals surface area contributed by atoms with E-state index >= 15 is 0 Å². The maximum atomic E-state index is 14.8. The topological polar surface area (TPSA) is 144 Å². The van der Waals surface area contributed by atoms with Crippen LogP contribution in [0.3, 0.4) is 0 Å². The van der Waals surface area contributed by atoms with Gasteiger partial charge in [0.25, 0.3) is 0 Å². The van der Waals surface area contributed by atoms with Gasteiger partial charge < -0.3 is 30.2 Å². The highest BCUT2D eigenvalue weighted by molar-refractivity contribution is 7.92. The first-order valence-electron chi connectivity index (χ1n) is 11.7. The number of nitrogens with one attached hydrogen (secondary N) is 3. The molecule has 3 rings (SSSR count). The summed E-state index contributed by atoms with van der Waals surface area (Å²) in [6, 6.07) is 8.30. The number of sulfonamides is 1. The molecule has 210 valence electrons. The number of para-hydroxylation sites is 1. The van der Waals surface area contributed by atoms with Crippen molar-refractivity contribution in [3.8, 4) is 17.2 Å². The van der Waals surface area contributed by atoms with Crippen molar-refractivity contribution < 1.29 is 31.8 Å². The Bertz CT molecular complexity index is 1430. The van der Waals surface area contributed by atoms with Gasteiger partial charge in [-0.25, -0.2) is 17.8 Å². The smallest absolute Gasteiger partial charge is 0.232 e. The van der Waals surface area contributed by atoms with Crippen LogP contribution in [0.15, 0.2) is 36.5 Å². The Morgan fingerprint density at radius 1 is 1.08 bits per heavy atom. The van der Waals surface area contributed by atoms with Gasteiger partial charge >= 0.3 is 0 Å². The first-order chi connectivity index (χ1) is 18.5. The third kappa shape index (κ3) is 7.16. The minimum Gasteiger partial charge on any atom is -0.493 e. The van der Waals surface area contributed by atoms with Crippen LogP contribution in [0.1, 0.15) is 12.5 Å². The van der Waals surface area contributed by atoms with Gasteiger partial charge in [0.1, 0.15) is 0 Å². The number of halogens is 1. The molecule has 1 heterocycles. The average Bonchev–Trinajstić information content (AvgIpc) is 2.88. The van der Waals surface area contributed by atoms with Gasteiger partial charge in [0.2, 0.25) is 27.6 Å². The molecule has 0 bridgehead atoms. The normalized spacial score (nSPS) is 10.9. The Morgan fingerprint density at radius 3 is 2.31 bits per heavy atom. The van der Waals surface area contributed by atoms with Crippen molar-refractivity contribution in [2.75, 3.05) is 55.6 Å². The molecule has 14 heteroatoms. The number of aryl methyl sites for hydroxylation is 1. The molecule has 0 saturated carbocycles. The summed E-state index contributed by atoms with van der Waals surface area (Å²) in [5, 5.41) is 8.46. The highest BCUT2D eigenvalue weighted by Crippen LogP contribution is 2.40. The van der Waals surface area contributed by atoms with Crippen molar-refractivity contribution >= 4 is 44.8 Å². The third-order valence-corrected chi connectivity index (χ3v) is 6.66. The van der Waals surface area contributed by atoms with E-state index in [1.807, 2.05) is 0 Å². The number of carbonyl (C=O) groups is 1. The molecular weight excluding hydrogens is 531 g/mol. The SMILES string of the molecule is COc1cc(Nc2ncc(F)c(Nc3cccc(C)c3N(CCNC(C)=O)S(C)(=O)=O)n2)cc(OC)c1OC. The number of carbonyl (C=O) groups excluding carboxylic acids is 1. The van der Waals surface area contributed by atoms with E-state index in [0.29, 0.717) is 39.9 Å². The molecule has 0 aliphatic heterocycles. The third-order valence-electron chi connectivity index (χ3n) is 5.49. The van der Waals surface area contributed by atoms with E-state index in [1.165, 1.54) is 28.3 Å². The fraction of sp³-hybridized carbons (Fsp3) is 0.320. The van der Waals surface area contributed by atoms with Crippen LogP contribution in [0, 0.1) is 12.7 Å². The first kappa shape index (κ1) is 29.2. The lowest BCUT2D eigenvalue weighted by Gasteiger charge is -2.27. The predicted molar refractivity (Wildman–Crippen MR) is 147 cm³/mol. The Kier molecular flexibility index (Phi) is 9.35. The van der Waals surface area contributed by atoms with Crippen LogP contribution in [0.25, 0.3) is 0 Å². The number of aromatic nitrogens is 2. The summed E-state index contributed by atoms with van der Waals surface area (Å²) in [7, 11) is 0.681. The number of hydrogen-bond donors (Lipinski definition) is 3. The molecule has 0 fully saturated rings. The second-order valence-corrected chi connectivity index (χ2v) is 10.3. The second-order valence-electron chi connectivity index (χ2n) is 8.34. The largest absolute Gasteiger partial charge is 0.493 e. The van der Waals surface area contributed by atoms with Crippen molar-refractivity contribution in [3.05, 3.63) is 47.9 Å². The van der Waals surface area contributed by atoms with Crippen LogP contribution in [-0.4, -0.2) is 65.0 Å². The molecule has 1 aromatic heterocycles. The average molecular weight is 563 g/mol. The molecule has 0 aliphatic carbocycles. The Hall–Kier alpha value is -4.33. The highest BCUT2D eigenvalue weighted by atomic mass is 32.2. The maximum Gasteiger partial charge on any atom is 0.232 e. The van der Waals surface area contributed by atoms with Crippen LogP contribution in [0.2, 0.25) is 0 Å². The lowest BCUT2D eigenvalue weighted by atomic mass is 10.1. The maximum absolute atomic E-state index is 14.8. The molecule has 0 unspecified atom stereocenters. The van der Waals surface area contributed by atoms with E-state index in [9.17, 15) is 17.6 Å². The molecule has 0 radical (unpaired) electrons. The van der Waals surface area contributed by atoms with Gasteiger partial charge in [-0.05, 0) is 18.6 Å². The highest BCUT2D eigenvalue weighted by Gasteiger charge is 2.23. The zero-order valence-corrected chi connectivity index (χ0v) is 23.3. The Labute approximate surface area is 226 Å². The fourth-order valence-corrected chi connectivity index (χ4v) is 4.79. The van der Waals surface area contributed by atoms with E-state index in [0.717, 1.165) is 16.8 Å². The Balaban J connectivity index is 1.97. The van der Waals surface area contributed by atoms with Crippen LogP contribution < -0.4 is 34.5 Å². The molecule has 12 nitrogen and oxygen atoms in total. The van der Waals surface area contributed by atoms with E-state index in [4.69, 9.17) is 14.2 Å². The van der Waals surface area contributed by atoms with E-state index < -0.39 is 15.8 Å². The monoisotopic (exact) mass is 562 g/mol. The van der Waals surface area contributed by atoms with Crippen LogP contribution in [0.4, 0.5) is 33.2 Å². The summed E-state index contributed by atoms with van der Waals surface area (Å²) in [6.45, 7) is 3.12. The molecule has 3 aromatic rings.